The van der Waals surface area contributed by atoms with Gasteiger partial charge in [-0.1, -0.05) is 18.2 Å². The number of amides is 1. The van der Waals surface area contributed by atoms with E-state index in [1.54, 1.807) is 43.3 Å². The fourth-order valence-electron chi connectivity index (χ4n) is 1.52. The Labute approximate surface area is 111 Å². The highest BCUT2D eigenvalue weighted by molar-refractivity contribution is 6.04. The molecule has 18 heavy (non-hydrogen) atoms. The Morgan fingerprint density at radius 3 is 2.39 bits per heavy atom. The SMILES string of the molecule is Cc1cc(NC(=O)c2ccccc2)ccc1F.Cl. The number of carbonyl (C=O) groups excluding carboxylic acids is 1. The average molecular weight is 266 g/mol. The number of rotatable bonds is 2. The Kier molecular flexibility index (Phi) is 4.86. The zero-order valence-corrected chi connectivity index (χ0v) is 10.6. The van der Waals surface area contributed by atoms with Crippen molar-refractivity contribution < 1.29 is 9.18 Å². The number of anilines is 1. The molecule has 0 heterocycles. The van der Waals surface area contributed by atoms with Crippen molar-refractivity contribution in [3.05, 3.63) is 65.5 Å². The van der Waals surface area contributed by atoms with Crippen LogP contribution in [0.5, 0.6) is 0 Å². The van der Waals surface area contributed by atoms with E-state index in [1.807, 2.05) is 6.07 Å². The standard InChI is InChI=1S/C14H12FNO.ClH/c1-10-9-12(7-8-13(10)15)16-14(17)11-5-3-2-4-6-11;/h2-9H,1H3,(H,16,17);1H. The molecule has 2 aromatic rings. The summed E-state index contributed by atoms with van der Waals surface area (Å²) >= 11 is 0. The van der Waals surface area contributed by atoms with Gasteiger partial charge in [0.15, 0.2) is 0 Å². The normalized spacial score (nSPS) is 9.44. The van der Waals surface area contributed by atoms with Gasteiger partial charge < -0.3 is 5.32 Å². The first-order chi connectivity index (χ1) is 8.16. The molecule has 0 aromatic heterocycles. The first-order valence-electron chi connectivity index (χ1n) is 5.29. The van der Waals surface area contributed by atoms with E-state index in [-0.39, 0.29) is 24.1 Å². The van der Waals surface area contributed by atoms with Crippen LogP contribution in [0.1, 0.15) is 15.9 Å². The van der Waals surface area contributed by atoms with Crippen LogP contribution in [-0.4, -0.2) is 5.91 Å². The monoisotopic (exact) mass is 265 g/mol. The maximum atomic E-state index is 13.0. The van der Waals surface area contributed by atoms with Crippen molar-refractivity contribution in [3.63, 3.8) is 0 Å². The van der Waals surface area contributed by atoms with Crippen LogP contribution < -0.4 is 5.32 Å². The van der Waals surface area contributed by atoms with Crippen LogP contribution in [0.3, 0.4) is 0 Å². The zero-order valence-electron chi connectivity index (χ0n) is 9.81. The molecule has 0 radical (unpaired) electrons. The second-order valence-electron chi connectivity index (χ2n) is 3.78. The third kappa shape index (κ3) is 3.31. The molecule has 2 aromatic carbocycles. The van der Waals surface area contributed by atoms with Crippen molar-refractivity contribution >= 4 is 24.0 Å². The first kappa shape index (κ1) is 14.2. The van der Waals surface area contributed by atoms with Crippen molar-refractivity contribution in [3.8, 4) is 0 Å². The lowest BCUT2D eigenvalue weighted by molar-refractivity contribution is 0.102. The number of benzene rings is 2. The van der Waals surface area contributed by atoms with E-state index in [0.717, 1.165) is 0 Å². The van der Waals surface area contributed by atoms with Gasteiger partial charge in [-0.15, -0.1) is 12.4 Å². The Hall–Kier alpha value is -1.87. The van der Waals surface area contributed by atoms with Crippen LogP contribution in [-0.2, 0) is 0 Å². The summed E-state index contributed by atoms with van der Waals surface area (Å²) < 4.78 is 13.0. The molecule has 0 bridgehead atoms. The highest BCUT2D eigenvalue weighted by Gasteiger charge is 2.06. The van der Waals surface area contributed by atoms with Gasteiger partial charge in [0, 0.05) is 11.3 Å². The van der Waals surface area contributed by atoms with E-state index in [2.05, 4.69) is 5.32 Å². The topological polar surface area (TPSA) is 29.1 Å². The third-order valence-corrected chi connectivity index (χ3v) is 2.45. The maximum Gasteiger partial charge on any atom is 0.255 e. The van der Waals surface area contributed by atoms with E-state index < -0.39 is 0 Å². The molecule has 1 amide bonds. The number of aryl methyl sites for hydroxylation is 1. The van der Waals surface area contributed by atoms with Gasteiger partial charge in [-0.05, 0) is 42.8 Å². The van der Waals surface area contributed by atoms with Gasteiger partial charge in [-0.2, -0.15) is 0 Å². The molecule has 0 fully saturated rings. The second-order valence-corrected chi connectivity index (χ2v) is 3.78. The van der Waals surface area contributed by atoms with Crippen molar-refractivity contribution in [2.75, 3.05) is 5.32 Å². The number of carbonyl (C=O) groups is 1. The minimum absolute atomic E-state index is 0. The number of hydrogen-bond acceptors (Lipinski definition) is 1. The van der Waals surface area contributed by atoms with E-state index in [9.17, 15) is 9.18 Å². The zero-order chi connectivity index (χ0) is 12.3. The van der Waals surface area contributed by atoms with Gasteiger partial charge in [-0.25, -0.2) is 4.39 Å². The Bertz CT molecular complexity index is 543. The molecule has 0 aliphatic carbocycles. The van der Waals surface area contributed by atoms with E-state index in [0.29, 0.717) is 16.8 Å². The van der Waals surface area contributed by atoms with Gasteiger partial charge in [0.05, 0.1) is 0 Å². The minimum Gasteiger partial charge on any atom is -0.322 e. The van der Waals surface area contributed by atoms with E-state index in [1.165, 1.54) is 6.07 Å². The molecular weight excluding hydrogens is 253 g/mol. The second kappa shape index (κ2) is 6.17. The largest absolute Gasteiger partial charge is 0.322 e. The Morgan fingerprint density at radius 2 is 1.78 bits per heavy atom. The Morgan fingerprint density at radius 1 is 1.11 bits per heavy atom. The fraction of sp³-hybridized carbons (Fsp3) is 0.0714. The number of nitrogens with one attached hydrogen (secondary N) is 1. The summed E-state index contributed by atoms with van der Waals surface area (Å²) in [6, 6.07) is 13.4. The van der Waals surface area contributed by atoms with Crippen molar-refractivity contribution in [2.45, 2.75) is 6.92 Å². The lowest BCUT2D eigenvalue weighted by atomic mass is 10.2. The molecule has 94 valence electrons. The summed E-state index contributed by atoms with van der Waals surface area (Å²) in [4.78, 5) is 11.8. The molecule has 0 aliphatic rings. The molecule has 2 nitrogen and oxygen atoms in total. The van der Waals surface area contributed by atoms with Crippen LogP contribution in [0, 0.1) is 12.7 Å². The van der Waals surface area contributed by atoms with Crippen LogP contribution in [0.15, 0.2) is 48.5 Å². The van der Waals surface area contributed by atoms with Gasteiger partial charge in [-0.3, -0.25) is 4.79 Å². The van der Waals surface area contributed by atoms with E-state index in [4.69, 9.17) is 0 Å². The van der Waals surface area contributed by atoms with E-state index >= 15 is 0 Å². The predicted octanol–water partition coefficient (Wildman–Crippen LogP) is 3.81. The first-order valence-corrected chi connectivity index (χ1v) is 5.29. The van der Waals surface area contributed by atoms with Gasteiger partial charge >= 0.3 is 0 Å². The molecule has 0 aliphatic heterocycles. The predicted molar refractivity (Wildman–Crippen MR) is 72.8 cm³/mol. The molecule has 0 atom stereocenters. The molecular formula is C14H13ClFNO. The Balaban J connectivity index is 0.00000162. The summed E-state index contributed by atoms with van der Waals surface area (Å²) in [6.45, 7) is 1.66. The summed E-state index contributed by atoms with van der Waals surface area (Å²) in [5.74, 6) is -0.473. The molecule has 4 heteroatoms. The molecule has 0 saturated heterocycles. The lowest BCUT2D eigenvalue weighted by Crippen LogP contribution is -2.11. The van der Waals surface area contributed by atoms with Crippen molar-refractivity contribution in [2.24, 2.45) is 0 Å². The molecule has 0 saturated carbocycles. The van der Waals surface area contributed by atoms with Crippen LogP contribution in [0.2, 0.25) is 0 Å². The average Bonchev–Trinajstić information content (AvgIpc) is 2.35. The summed E-state index contributed by atoms with van der Waals surface area (Å²) in [7, 11) is 0. The highest BCUT2D eigenvalue weighted by atomic mass is 35.5. The fourth-order valence-corrected chi connectivity index (χ4v) is 1.52. The molecule has 0 unspecified atom stereocenters. The van der Waals surface area contributed by atoms with Gasteiger partial charge in [0.2, 0.25) is 0 Å². The smallest absolute Gasteiger partial charge is 0.255 e. The number of hydrogen-bond donors (Lipinski definition) is 1. The third-order valence-electron chi connectivity index (χ3n) is 2.45. The molecule has 1 N–H and O–H groups in total. The van der Waals surface area contributed by atoms with Crippen LogP contribution in [0.4, 0.5) is 10.1 Å². The van der Waals surface area contributed by atoms with Gasteiger partial charge in [0.25, 0.3) is 5.91 Å². The van der Waals surface area contributed by atoms with Crippen molar-refractivity contribution in [1.82, 2.24) is 0 Å². The van der Waals surface area contributed by atoms with Crippen LogP contribution >= 0.6 is 12.4 Å². The molecule has 2 rings (SSSR count). The minimum atomic E-state index is -0.275. The molecule has 0 spiro atoms. The lowest BCUT2D eigenvalue weighted by Gasteiger charge is -2.06. The summed E-state index contributed by atoms with van der Waals surface area (Å²) in [5.41, 5.74) is 1.68. The van der Waals surface area contributed by atoms with Gasteiger partial charge in [0.1, 0.15) is 5.82 Å². The number of halogens is 2. The maximum absolute atomic E-state index is 13.0. The quantitative estimate of drug-likeness (QED) is 0.879. The van der Waals surface area contributed by atoms with Crippen molar-refractivity contribution in [1.29, 1.82) is 0 Å². The summed E-state index contributed by atoms with van der Waals surface area (Å²) in [6.07, 6.45) is 0. The van der Waals surface area contributed by atoms with Crippen LogP contribution in [0.25, 0.3) is 0 Å². The summed E-state index contributed by atoms with van der Waals surface area (Å²) in [5, 5.41) is 2.72. The highest BCUT2D eigenvalue weighted by Crippen LogP contribution is 2.14.